The van der Waals surface area contributed by atoms with Gasteiger partial charge in [-0.3, -0.25) is 4.90 Å². The summed E-state index contributed by atoms with van der Waals surface area (Å²) in [6, 6.07) is 2.76. The van der Waals surface area contributed by atoms with Crippen molar-refractivity contribution in [2.24, 2.45) is 11.7 Å². The minimum Gasteiger partial charge on any atom is -0.330 e. The molecular formula is C13H21ClN2S. The lowest BCUT2D eigenvalue weighted by Crippen LogP contribution is -2.39. The van der Waals surface area contributed by atoms with Gasteiger partial charge in [-0.2, -0.15) is 0 Å². The summed E-state index contributed by atoms with van der Waals surface area (Å²) in [5.74, 6) is 0.686. The Hall–Kier alpha value is -0.0900. The third-order valence-electron chi connectivity index (χ3n) is 3.78. The monoisotopic (exact) mass is 272 g/mol. The summed E-state index contributed by atoms with van der Waals surface area (Å²) in [5.41, 5.74) is 5.87. The minimum atomic E-state index is 0.672. The maximum absolute atomic E-state index is 5.97. The van der Waals surface area contributed by atoms with Crippen LogP contribution >= 0.6 is 22.9 Å². The lowest BCUT2D eigenvalue weighted by atomic mass is 10.0. The van der Waals surface area contributed by atoms with Gasteiger partial charge in [-0.25, -0.2) is 0 Å². The second-order valence-corrected chi connectivity index (χ2v) is 6.22. The van der Waals surface area contributed by atoms with Crippen molar-refractivity contribution in [3.8, 4) is 0 Å². The third-order valence-corrected chi connectivity index (χ3v) is 5.05. The van der Waals surface area contributed by atoms with Crippen LogP contribution in [0.25, 0.3) is 0 Å². The zero-order chi connectivity index (χ0) is 12.3. The van der Waals surface area contributed by atoms with Gasteiger partial charge in [-0.1, -0.05) is 24.9 Å². The molecule has 0 spiro atoms. The Morgan fingerprint density at radius 2 is 2.35 bits per heavy atom. The van der Waals surface area contributed by atoms with Crippen molar-refractivity contribution >= 4 is 22.9 Å². The number of nitrogens with two attached hydrogens (primary N) is 1. The molecule has 0 bridgehead atoms. The fourth-order valence-electron chi connectivity index (χ4n) is 2.87. The van der Waals surface area contributed by atoms with E-state index in [1.807, 2.05) is 5.38 Å². The van der Waals surface area contributed by atoms with Gasteiger partial charge < -0.3 is 5.73 Å². The summed E-state index contributed by atoms with van der Waals surface area (Å²) < 4.78 is 0. The van der Waals surface area contributed by atoms with Crippen molar-refractivity contribution in [1.29, 1.82) is 0 Å². The van der Waals surface area contributed by atoms with Crippen LogP contribution in [0, 0.1) is 5.92 Å². The van der Waals surface area contributed by atoms with E-state index in [1.165, 1.54) is 24.1 Å². The molecule has 0 amide bonds. The number of thiophene rings is 1. The molecule has 17 heavy (non-hydrogen) atoms. The van der Waals surface area contributed by atoms with Gasteiger partial charge in [0.05, 0.1) is 5.02 Å². The van der Waals surface area contributed by atoms with Crippen LogP contribution in [-0.2, 0) is 6.54 Å². The first-order valence-electron chi connectivity index (χ1n) is 6.41. The normalized spacial score (nSPS) is 24.7. The summed E-state index contributed by atoms with van der Waals surface area (Å²) in [7, 11) is 0. The first kappa shape index (κ1) is 13.3. The first-order valence-corrected chi connectivity index (χ1v) is 7.67. The highest BCUT2D eigenvalue weighted by atomic mass is 35.5. The van der Waals surface area contributed by atoms with Crippen LogP contribution < -0.4 is 5.73 Å². The number of halogens is 1. The Balaban J connectivity index is 2.00. The van der Waals surface area contributed by atoms with E-state index < -0.39 is 0 Å². The van der Waals surface area contributed by atoms with Gasteiger partial charge in [0.15, 0.2) is 0 Å². The van der Waals surface area contributed by atoms with Crippen molar-refractivity contribution in [1.82, 2.24) is 4.90 Å². The number of rotatable bonds is 5. The fourth-order valence-corrected chi connectivity index (χ4v) is 3.97. The molecule has 96 valence electrons. The van der Waals surface area contributed by atoms with Gasteiger partial charge in [0, 0.05) is 22.8 Å². The Morgan fingerprint density at radius 3 is 2.94 bits per heavy atom. The van der Waals surface area contributed by atoms with Crippen LogP contribution in [0.3, 0.4) is 0 Å². The Kier molecular flexibility index (Phi) is 4.86. The van der Waals surface area contributed by atoms with Crippen molar-refractivity contribution in [3.05, 3.63) is 21.3 Å². The molecule has 4 heteroatoms. The van der Waals surface area contributed by atoms with Gasteiger partial charge in [0.1, 0.15) is 0 Å². The van der Waals surface area contributed by atoms with E-state index >= 15 is 0 Å². The highest BCUT2D eigenvalue weighted by molar-refractivity contribution is 7.10. The summed E-state index contributed by atoms with van der Waals surface area (Å²) in [5, 5.41) is 2.88. The summed E-state index contributed by atoms with van der Waals surface area (Å²) in [4.78, 5) is 3.92. The lowest BCUT2D eigenvalue weighted by Gasteiger charge is -2.31. The average molecular weight is 273 g/mol. The molecule has 0 radical (unpaired) electrons. The van der Waals surface area contributed by atoms with Crippen LogP contribution in [0.5, 0.6) is 0 Å². The van der Waals surface area contributed by atoms with Crippen molar-refractivity contribution in [2.45, 2.75) is 38.8 Å². The molecule has 2 atom stereocenters. The van der Waals surface area contributed by atoms with Gasteiger partial charge in [0.25, 0.3) is 0 Å². The van der Waals surface area contributed by atoms with Gasteiger partial charge in [0.2, 0.25) is 0 Å². The highest BCUT2D eigenvalue weighted by Crippen LogP contribution is 2.31. The van der Waals surface area contributed by atoms with Crippen molar-refractivity contribution < 1.29 is 0 Å². The van der Waals surface area contributed by atoms with Gasteiger partial charge in [-0.15, -0.1) is 11.3 Å². The molecule has 1 aromatic rings. The third kappa shape index (κ3) is 3.22. The summed E-state index contributed by atoms with van der Waals surface area (Å²) in [6.07, 6.45) is 3.92. The molecule has 1 aromatic heterocycles. The largest absolute Gasteiger partial charge is 0.330 e. The summed E-state index contributed by atoms with van der Waals surface area (Å²) >= 11 is 7.73. The minimum absolute atomic E-state index is 0.672. The Labute approximate surface area is 113 Å². The molecule has 1 saturated carbocycles. The highest BCUT2D eigenvalue weighted by Gasteiger charge is 2.30. The van der Waals surface area contributed by atoms with Crippen LogP contribution in [0.2, 0.25) is 5.02 Å². The molecule has 2 rings (SSSR count). The number of hydrogen-bond acceptors (Lipinski definition) is 3. The second-order valence-electron chi connectivity index (χ2n) is 4.79. The molecule has 2 unspecified atom stereocenters. The molecule has 2 N–H and O–H groups in total. The van der Waals surface area contributed by atoms with E-state index in [0.717, 1.165) is 24.7 Å². The predicted octanol–water partition coefficient (Wildman–Crippen LogP) is 3.35. The van der Waals surface area contributed by atoms with Crippen LogP contribution in [-0.4, -0.2) is 24.0 Å². The number of hydrogen-bond donors (Lipinski definition) is 1. The predicted molar refractivity (Wildman–Crippen MR) is 75.6 cm³/mol. The molecule has 1 fully saturated rings. The molecule has 0 aromatic carbocycles. The van der Waals surface area contributed by atoms with E-state index in [4.69, 9.17) is 17.3 Å². The topological polar surface area (TPSA) is 29.3 Å². The van der Waals surface area contributed by atoms with Crippen molar-refractivity contribution in [2.75, 3.05) is 13.1 Å². The molecule has 1 aliphatic rings. The van der Waals surface area contributed by atoms with Crippen LogP contribution in [0.1, 0.15) is 31.1 Å². The lowest BCUT2D eigenvalue weighted by molar-refractivity contribution is 0.163. The first-order chi connectivity index (χ1) is 8.24. The van der Waals surface area contributed by atoms with Crippen LogP contribution in [0.4, 0.5) is 0 Å². The fraction of sp³-hybridized carbons (Fsp3) is 0.692. The van der Waals surface area contributed by atoms with E-state index in [0.29, 0.717) is 12.0 Å². The van der Waals surface area contributed by atoms with Crippen LogP contribution in [0.15, 0.2) is 11.4 Å². The Bertz CT molecular complexity index is 353. The van der Waals surface area contributed by atoms with E-state index in [1.54, 1.807) is 11.3 Å². The van der Waals surface area contributed by atoms with E-state index in [9.17, 15) is 0 Å². The molecule has 0 aliphatic heterocycles. The average Bonchev–Trinajstić information content (AvgIpc) is 2.94. The van der Waals surface area contributed by atoms with E-state index in [2.05, 4.69) is 17.9 Å². The molecule has 1 heterocycles. The molecule has 2 nitrogen and oxygen atoms in total. The second kappa shape index (κ2) is 6.19. The quantitative estimate of drug-likeness (QED) is 0.891. The van der Waals surface area contributed by atoms with Gasteiger partial charge in [-0.05, 0) is 37.9 Å². The van der Waals surface area contributed by atoms with Gasteiger partial charge >= 0.3 is 0 Å². The molecule has 0 saturated heterocycles. The van der Waals surface area contributed by atoms with Crippen molar-refractivity contribution in [3.63, 3.8) is 0 Å². The SMILES string of the molecule is CCN(Cc1cc(Cl)cs1)C1CCCC1CN. The molecule has 1 aliphatic carbocycles. The standard InChI is InChI=1S/C13H21ClN2S/c1-2-16(8-12-6-11(14)9-17-12)13-5-3-4-10(13)7-15/h6,9-10,13H,2-5,7-8,15H2,1H3. The molecular weight excluding hydrogens is 252 g/mol. The number of nitrogens with zero attached hydrogens (tertiary/aromatic N) is 1. The maximum atomic E-state index is 5.97. The Morgan fingerprint density at radius 1 is 1.53 bits per heavy atom. The maximum Gasteiger partial charge on any atom is 0.0516 e. The zero-order valence-corrected chi connectivity index (χ0v) is 11.9. The zero-order valence-electron chi connectivity index (χ0n) is 10.4. The smallest absolute Gasteiger partial charge is 0.0516 e. The summed E-state index contributed by atoms with van der Waals surface area (Å²) in [6.45, 7) is 5.18. The van der Waals surface area contributed by atoms with E-state index in [-0.39, 0.29) is 0 Å².